The van der Waals surface area contributed by atoms with E-state index in [0.717, 1.165) is 110 Å². The first kappa shape index (κ1) is 62.1. The number of amides is 5. The van der Waals surface area contributed by atoms with Gasteiger partial charge in [-0.2, -0.15) is 0 Å². The molecule has 5 fully saturated rings. The van der Waals surface area contributed by atoms with Gasteiger partial charge in [0.1, 0.15) is 0 Å². The molecule has 5 amide bonds. The van der Waals surface area contributed by atoms with Crippen LogP contribution in [-0.4, -0.2) is 118 Å². The lowest BCUT2D eigenvalue weighted by Gasteiger charge is -2.36. The molecule has 5 rings (SSSR count). The first-order valence-electron chi connectivity index (χ1n) is 26.3. The van der Waals surface area contributed by atoms with Gasteiger partial charge in [0, 0.05) is 63.9 Å². The average Bonchev–Trinajstić information content (AvgIpc) is 4.01. The summed E-state index contributed by atoms with van der Waals surface area (Å²) in [4.78, 5) is 67.0. The molecular formula is C58H101N5O5. The molecule has 0 spiro atoms. The highest BCUT2D eigenvalue weighted by Gasteiger charge is 2.39. The molecule has 5 saturated heterocycles. The van der Waals surface area contributed by atoms with E-state index >= 15 is 0 Å². The van der Waals surface area contributed by atoms with E-state index in [2.05, 4.69) is 123 Å². The highest BCUT2D eigenvalue weighted by atomic mass is 16.2. The average molecular weight is 948 g/mol. The molecule has 0 radical (unpaired) electrons. The Morgan fingerprint density at radius 1 is 0.544 bits per heavy atom. The lowest BCUT2D eigenvalue weighted by atomic mass is 9.78. The Labute approximate surface area is 417 Å². The van der Waals surface area contributed by atoms with Gasteiger partial charge in [0.15, 0.2) is 0 Å². The molecule has 10 heteroatoms. The third kappa shape index (κ3) is 21.8. The molecule has 0 saturated carbocycles. The smallest absolute Gasteiger partial charge is 0.246 e. The number of likely N-dealkylation sites (tertiary alicyclic amines) is 5. The molecule has 5 atom stereocenters. The van der Waals surface area contributed by atoms with Crippen molar-refractivity contribution in [1.29, 1.82) is 0 Å². The van der Waals surface area contributed by atoms with Gasteiger partial charge >= 0.3 is 0 Å². The molecule has 0 aromatic heterocycles. The van der Waals surface area contributed by atoms with Gasteiger partial charge in [-0.25, -0.2) is 0 Å². The van der Waals surface area contributed by atoms with E-state index in [1.807, 2.05) is 24.5 Å². The van der Waals surface area contributed by atoms with Crippen LogP contribution in [0.3, 0.4) is 0 Å². The van der Waals surface area contributed by atoms with Crippen molar-refractivity contribution in [3.8, 4) is 0 Å². The predicted molar refractivity (Wildman–Crippen MR) is 286 cm³/mol. The van der Waals surface area contributed by atoms with Crippen LogP contribution in [0, 0.1) is 46.3 Å². The third-order valence-corrected chi connectivity index (χ3v) is 14.6. The largest absolute Gasteiger partial charge is 0.339 e. The summed E-state index contributed by atoms with van der Waals surface area (Å²) in [6, 6.07) is 0.431. The standard InChI is InChI=1S/C13H23NO.2C12H21NO.C11H19NO.C10H17NO/c1-5-12(15)14-9-7-6-8-11(10-14)13(2,3)4;1-5-11(14)13-8-6-7-10(13)9-12(2,3)4;1-5-11(14)13-8-6-7-12(13,4)9-10(2)3;1-4-11(13)12-7-5-6-10(8-12)9(2)3;1-4-10(12)11-6-5-9(7-11)8(2)3/h5,11H,1,6-10H2,2-4H3;2*5,10H,1,6-9H2,2-4H3;4,9-10H,1,5-8H2,2-3H3;4,8-9H,1,5-7H2,2-3H3. The van der Waals surface area contributed by atoms with Crippen LogP contribution >= 0.6 is 0 Å². The van der Waals surface area contributed by atoms with Gasteiger partial charge < -0.3 is 24.5 Å². The van der Waals surface area contributed by atoms with Crippen LogP contribution in [0.2, 0.25) is 0 Å². The zero-order chi connectivity index (χ0) is 52.0. The van der Waals surface area contributed by atoms with Crippen molar-refractivity contribution in [2.24, 2.45) is 46.3 Å². The van der Waals surface area contributed by atoms with E-state index in [1.165, 1.54) is 49.6 Å². The van der Waals surface area contributed by atoms with Crippen LogP contribution in [0.4, 0.5) is 0 Å². The number of hydrogen-bond donors (Lipinski definition) is 0. The van der Waals surface area contributed by atoms with Crippen molar-refractivity contribution in [3.63, 3.8) is 0 Å². The monoisotopic (exact) mass is 948 g/mol. The van der Waals surface area contributed by atoms with E-state index in [9.17, 15) is 24.0 Å². The molecule has 5 aliphatic heterocycles. The molecule has 0 aliphatic carbocycles. The molecule has 5 unspecified atom stereocenters. The lowest BCUT2D eigenvalue weighted by Crippen LogP contribution is -2.45. The minimum Gasteiger partial charge on any atom is -0.339 e. The molecule has 0 aromatic carbocycles. The number of carbonyl (C=O) groups excluding carboxylic acids is 5. The predicted octanol–water partition coefficient (Wildman–Crippen LogP) is 11.8. The van der Waals surface area contributed by atoms with E-state index < -0.39 is 0 Å². The maximum absolute atomic E-state index is 11.6. The van der Waals surface area contributed by atoms with Gasteiger partial charge in [-0.05, 0) is 154 Å². The molecule has 0 N–H and O–H groups in total. The van der Waals surface area contributed by atoms with E-state index in [0.29, 0.717) is 52.4 Å². The van der Waals surface area contributed by atoms with Gasteiger partial charge in [-0.3, -0.25) is 24.0 Å². The van der Waals surface area contributed by atoms with Crippen molar-refractivity contribution in [1.82, 2.24) is 24.5 Å². The summed E-state index contributed by atoms with van der Waals surface area (Å²) in [5.74, 6) is 4.43. The second-order valence-corrected chi connectivity index (χ2v) is 23.7. The van der Waals surface area contributed by atoms with Gasteiger partial charge in [-0.1, -0.05) is 122 Å². The van der Waals surface area contributed by atoms with Crippen molar-refractivity contribution in [3.05, 3.63) is 63.3 Å². The van der Waals surface area contributed by atoms with Crippen LogP contribution in [-0.2, 0) is 24.0 Å². The molecule has 5 heterocycles. The maximum Gasteiger partial charge on any atom is 0.246 e. The molecule has 10 nitrogen and oxygen atoms in total. The third-order valence-electron chi connectivity index (χ3n) is 14.6. The molecule has 0 aromatic rings. The van der Waals surface area contributed by atoms with Crippen LogP contribution in [0.1, 0.15) is 167 Å². The molecule has 0 bridgehead atoms. The van der Waals surface area contributed by atoms with E-state index in [1.54, 1.807) is 0 Å². The molecule has 388 valence electrons. The zero-order valence-corrected chi connectivity index (χ0v) is 45.9. The number of rotatable bonds is 10. The summed E-state index contributed by atoms with van der Waals surface area (Å²) in [5, 5.41) is 0. The van der Waals surface area contributed by atoms with Crippen molar-refractivity contribution < 1.29 is 24.0 Å². The zero-order valence-electron chi connectivity index (χ0n) is 45.9. The van der Waals surface area contributed by atoms with Crippen LogP contribution in [0.25, 0.3) is 0 Å². The Hall–Kier alpha value is -3.95. The van der Waals surface area contributed by atoms with Crippen molar-refractivity contribution in [2.45, 2.75) is 179 Å². The number of carbonyl (C=O) groups is 5. The summed E-state index contributed by atoms with van der Waals surface area (Å²) in [6.07, 6.45) is 21.0. The Morgan fingerprint density at radius 2 is 1.01 bits per heavy atom. The van der Waals surface area contributed by atoms with Crippen molar-refractivity contribution in [2.75, 3.05) is 52.4 Å². The summed E-state index contributed by atoms with van der Waals surface area (Å²) in [7, 11) is 0. The fourth-order valence-electron chi connectivity index (χ4n) is 10.5. The normalized spacial score (nSPS) is 23.9. The minimum absolute atomic E-state index is 0.0689. The summed E-state index contributed by atoms with van der Waals surface area (Å²) >= 11 is 0. The topological polar surface area (TPSA) is 102 Å². The van der Waals surface area contributed by atoms with Gasteiger partial charge in [0.25, 0.3) is 0 Å². The van der Waals surface area contributed by atoms with Gasteiger partial charge in [0.05, 0.1) is 0 Å². The van der Waals surface area contributed by atoms with Crippen molar-refractivity contribution >= 4 is 29.5 Å². The lowest BCUT2D eigenvalue weighted by molar-refractivity contribution is -0.130. The highest BCUT2D eigenvalue weighted by Crippen LogP contribution is 2.35. The number of piperidine rings is 1. The SMILES string of the molecule is C=CC(=O)N1CCC(C(C)C)C1.C=CC(=O)N1CCCC(C(C)C)C1.C=CC(=O)N1CCCC1(C)CC(C)C.C=CC(=O)N1CCCC1CC(C)(C)C.C=CC(=O)N1CCCCC(C(C)(C)C)C1. The Morgan fingerprint density at radius 3 is 1.47 bits per heavy atom. The highest BCUT2D eigenvalue weighted by molar-refractivity contribution is 5.89. The second-order valence-electron chi connectivity index (χ2n) is 23.7. The Bertz CT molecular complexity index is 1640. The summed E-state index contributed by atoms with van der Waals surface area (Å²) < 4.78 is 0. The first-order valence-corrected chi connectivity index (χ1v) is 26.3. The fraction of sp³-hybridized carbons (Fsp3) is 0.741. The van der Waals surface area contributed by atoms with Crippen LogP contribution in [0.5, 0.6) is 0 Å². The number of nitrogens with zero attached hydrogens (tertiary/aromatic N) is 5. The van der Waals surface area contributed by atoms with Gasteiger partial charge in [0.2, 0.25) is 29.5 Å². The Kier molecular flexibility index (Phi) is 27.3. The Balaban J connectivity index is 0.000000426. The fourth-order valence-corrected chi connectivity index (χ4v) is 10.5. The van der Waals surface area contributed by atoms with E-state index in [4.69, 9.17) is 0 Å². The molecular weight excluding hydrogens is 847 g/mol. The van der Waals surface area contributed by atoms with Crippen LogP contribution in [0.15, 0.2) is 63.3 Å². The van der Waals surface area contributed by atoms with Crippen LogP contribution < -0.4 is 0 Å². The first-order chi connectivity index (χ1) is 31.7. The number of hydrogen-bond acceptors (Lipinski definition) is 5. The maximum atomic E-state index is 11.6. The quantitative estimate of drug-likeness (QED) is 0.203. The summed E-state index contributed by atoms with van der Waals surface area (Å²) in [6.45, 7) is 53.9. The molecule has 5 aliphatic rings. The molecule has 68 heavy (non-hydrogen) atoms. The summed E-state index contributed by atoms with van der Waals surface area (Å²) in [5.41, 5.74) is 0.665. The second kappa shape index (κ2) is 29.9. The minimum atomic E-state index is 0.0689. The van der Waals surface area contributed by atoms with Gasteiger partial charge in [-0.15, -0.1) is 0 Å². The van der Waals surface area contributed by atoms with E-state index in [-0.39, 0.29) is 35.1 Å².